The van der Waals surface area contributed by atoms with Crippen molar-refractivity contribution in [3.63, 3.8) is 0 Å². The topological polar surface area (TPSA) is 37.4 Å². The number of alkyl halides is 3. The fourth-order valence-corrected chi connectivity index (χ4v) is 2.80. The molecule has 0 spiro atoms. The van der Waals surface area contributed by atoms with Crippen LogP contribution >= 0.6 is 23.2 Å². The van der Waals surface area contributed by atoms with Gasteiger partial charge in [-0.05, 0) is 42.0 Å². The normalized spacial score (nSPS) is 15.3. The van der Waals surface area contributed by atoms with Crippen LogP contribution in [0.25, 0.3) is 5.57 Å². The number of halogens is 5. The molecule has 0 aromatic heterocycles. The Morgan fingerprint density at radius 3 is 1.88 bits per heavy atom. The van der Waals surface area contributed by atoms with Crippen LogP contribution in [0, 0.1) is 0 Å². The molecule has 3 nitrogen and oxygen atoms in total. The van der Waals surface area contributed by atoms with Crippen LogP contribution in [-0.4, -0.2) is 11.8 Å². The highest BCUT2D eigenvalue weighted by atomic mass is 35.5. The first-order valence-electron chi connectivity index (χ1n) is 6.92. The Morgan fingerprint density at radius 2 is 1.36 bits per heavy atom. The van der Waals surface area contributed by atoms with Crippen LogP contribution < -0.4 is 4.90 Å². The molecule has 0 unspecified atom stereocenters. The van der Waals surface area contributed by atoms with Gasteiger partial charge in [0.2, 0.25) is 0 Å². The monoisotopic (exact) mass is 385 g/mol. The fourth-order valence-electron chi connectivity index (χ4n) is 2.40. The Kier molecular flexibility index (Phi) is 4.34. The molecule has 2 aromatic carbocycles. The number of hydrogen-bond acceptors (Lipinski definition) is 2. The number of hydrogen-bond donors (Lipinski definition) is 0. The molecule has 1 aliphatic rings. The number of carbonyl (C=O) groups is 2. The number of imide groups is 1. The first kappa shape index (κ1) is 17.5. The van der Waals surface area contributed by atoms with E-state index in [1.807, 2.05) is 0 Å². The van der Waals surface area contributed by atoms with Gasteiger partial charge in [0.1, 0.15) is 5.03 Å². The molecule has 2 aromatic rings. The van der Waals surface area contributed by atoms with Crippen LogP contribution in [0.1, 0.15) is 11.1 Å². The van der Waals surface area contributed by atoms with Crippen molar-refractivity contribution in [1.82, 2.24) is 0 Å². The lowest BCUT2D eigenvalue weighted by molar-refractivity contribution is -0.137. The number of rotatable bonds is 2. The SMILES string of the molecule is O=C1C(Cl)=C(c2ccc(Cl)cc2)C(=O)N1c1ccc(C(F)(F)F)cc1. The van der Waals surface area contributed by atoms with Gasteiger partial charge in [-0.1, -0.05) is 35.3 Å². The Bertz CT molecular complexity index is 888. The van der Waals surface area contributed by atoms with Gasteiger partial charge in [-0.3, -0.25) is 9.59 Å². The lowest BCUT2D eigenvalue weighted by Gasteiger charge is -2.16. The Morgan fingerprint density at radius 1 is 0.800 bits per heavy atom. The Balaban J connectivity index is 1.97. The summed E-state index contributed by atoms with van der Waals surface area (Å²) in [5, 5.41) is 0.143. The summed E-state index contributed by atoms with van der Waals surface area (Å²) in [6, 6.07) is 9.82. The third-order valence-electron chi connectivity index (χ3n) is 3.61. The van der Waals surface area contributed by atoms with Gasteiger partial charge < -0.3 is 0 Å². The molecule has 0 saturated carbocycles. The molecule has 0 saturated heterocycles. The third kappa shape index (κ3) is 3.15. The molecule has 8 heteroatoms. The zero-order valence-electron chi connectivity index (χ0n) is 12.3. The summed E-state index contributed by atoms with van der Waals surface area (Å²) in [5.41, 5.74) is -0.511. The molecule has 0 bridgehead atoms. The molecule has 1 heterocycles. The number of nitrogens with zero attached hydrogens (tertiary/aromatic N) is 1. The largest absolute Gasteiger partial charge is 0.416 e. The van der Waals surface area contributed by atoms with Crippen molar-refractivity contribution in [2.45, 2.75) is 6.18 Å². The highest BCUT2D eigenvalue weighted by molar-refractivity contribution is 6.60. The maximum atomic E-state index is 12.6. The van der Waals surface area contributed by atoms with E-state index in [1.165, 1.54) is 24.3 Å². The summed E-state index contributed by atoms with van der Waals surface area (Å²) in [6.07, 6.45) is -4.51. The second-order valence-corrected chi connectivity index (χ2v) is 6.00. The smallest absolute Gasteiger partial charge is 0.268 e. The summed E-state index contributed by atoms with van der Waals surface area (Å²) in [5.74, 6) is -1.51. The van der Waals surface area contributed by atoms with E-state index in [1.54, 1.807) is 0 Å². The molecular weight excluding hydrogens is 378 g/mol. The maximum absolute atomic E-state index is 12.6. The van der Waals surface area contributed by atoms with Gasteiger partial charge in [0.25, 0.3) is 11.8 Å². The average molecular weight is 386 g/mol. The second-order valence-electron chi connectivity index (χ2n) is 5.19. The maximum Gasteiger partial charge on any atom is 0.416 e. The quantitative estimate of drug-likeness (QED) is 0.690. The predicted molar refractivity (Wildman–Crippen MR) is 88.2 cm³/mol. The highest BCUT2D eigenvalue weighted by Crippen LogP contribution is 2.36. The Hall–Kier alpha value is -2.31. The van der Waals surface area contributed by atoms with Gasteiger partial charge in [-0.15, -0.1) is 0 Å². The number of carbonyl (C=O) groups excluding carboxylic acids is 2. The van der Waals surface area contributed by atoms with E-state index in [-0.39, 0.29) is 16.3 Å². The molecule has 3 rings (SSSR count). The van der Waals surface area contributed by atoms with Crippen molar-refractivity contribution in [3.8, 4) is 0 Å². The van der Waals surface area contributed by atoms with Crippen LogP contribution in [0.3, 0.4) is 0 Å². The van der Waals surface area contributed by atoms with E-state index in [2.05, 4.69) is 0 Å². The van der Waals surface area contributed by atoms with Gasteiger partial charge in [-0.25, -0.2) is 4.90 Å². The zero-order chi connectivity index (χ0) is 18.4. The highest BCUT2D eigenvalue weighted by Gasteiger charge is 2.39. The number of anilines is 1. The second kappa shape index (κ2) is 6.20. The first-order valence-corrected chi connectivity index (χ1v) is 7.67. The van der Waals surface area contributed by atoms with Gasteiger partial charge in [0, 0.05) is 5.02 Å². The van der Waals surface area contributed by atoms with Gasteiger partial charge in [-0.2, -0.15) is 13.2 Å². The fraction of sp³-hybridized carbons (Fsp3) is 0.0588. The molecule has 0 radical (unpaired) electrons. The molecule has 0 atom stereocenters. The summed E-state index contributed by atoms with van der Waals surface area (Å²) >= 11 is 11.8. The molecule has 1 aliphatic heterocycles. The van der Waals surface area contributed by atoms with Crippen molar-refractivity contribution in [2.75, 3.05) is 4.90 Å². The van der Waals surface area contributed by atoms with E-state index in [0.717, 1.165) is 29.2 Å². The van der Waals surface area contributed by atoms with Crippen molar-refractivity contribution >= 4 is 46.3 Å². The molecule has 128 valence electrons. The molecule has 0 aliphatic carbocycles. The molecule has 0 fully saturated rings. The number of amides is 2. The minimum atomic E-state index is -4.51. The standard InChI is InChI=1S/C17H8Cl2F3NO2/c18-11-5-1-9(2-6-11)13-14(19)16(25)23(15(13)24)12-7-3-10(4-8-12)17(20,21)22/h1-8H. The van der Waals surface area contributed by atoms with Gasteiger partial charge >= 0.3 is 6.18 Å². The van der Waals surface area contributed by atoms with E-state index in [0.29, 0.717) is 10.6 Å². The summed E-state index contributed by atoms with van der Waals surface area (Å²) < 4.78 is 37.9. The van der Waals surface area contributed by atoms with Crippen LogP contribution in [0.2, 0.25) is 5.02 Å². The summed E-state index contributed by atoms with van der Waals surface area (Å²) in [6.45, 7) is 0. The summed E-state index contributed by atoms with van der Waals surface area (Å²) in [7, 11) is 0. The molecule has 0 N–H and O–H groups in total. The van der Waals surface area contributed by atoms with Crippen molar-refractivity contribution in [3.05, 3.63) is 69.7 Å². The zero-order valence-corrected chi connectivity index (χ0v) is 13.8. The third-order valence-corrected chi connectivity index (χ3v) is 4.22. The lowest BCUT2D eigenvalue weighted by Crippen LogP contribution is -2.31. The van der Waals surface area contributed by atoms with Crippen LogP contribution in [0.4, 0.5) is 18.9 Å². The van der Waals surface area contributed by atoms with Crippen LogP contribution in [0.5, 0.6) is 0 Å². The summed E-state index contributed by atoms with van der Waals surface area (Å²) in [4.78, 5) is 25.7. The molecule has 25 heavy (non-hydrogen) atoms. The van der Waals surface area contributed by atoms with Crippen molar-refractivity contribution in [1.29, 1.82) is 0 Å². The van der Waals surface area contributed by atoms with Gasteiger partial charge in [0.15, 0.2) is 0 Å². The van der Waals surface area contributed by atoms with E-state index >= 15 is 0 Å². The lowest BCUT2D eigenvalue weighted by atomic mass is 10.1. The van der Waals surface area contributed by atoms with Crippen LogP contribution in [-0.2, 0) is 15.8 Å². The Labute approximate surface area is 150 Å². The van der Waals surface area contributed by atoms with Crippen LogP contribution in [0.15, 0.2) is 53.6 Å². The molecule has 2 amide bonds. The van der Waals surface area contributed by atoms with E-state index in [4.69, 9.17) is 23.2 Å². The first-order chi connectivity index (χ1) is 11.7. The van der Waals surface area contributed by atoms with Crippen molar-refractivity contribution < 1.29 is 22.8 Å². The average Bonchev–Trinajstić information content (AvgIpc) is 2.78. The minimum Gasteiger partial charge on any atom is -0.268 e. The minimum absolute atomic E-state index is 0.00473. The molecular formula is C17H8Cl2F3NO2. The van der Waals surface area contributed by atoms with Gasteiger partial charge in [0.05, 0.1) is 16.8 Å². The number of benzene rings is 2. The van der Waals surface area contributed by atoms with Crippen molar-refractivity contribution in [2.24, 2.45) is 0 Å². The van der Waals surface area contributed by atoms with E-state index in [9.17, 15) is 22.8 Å². The predicted octanol–water partition coefficient (Wildman–Crippen LogP) is 4.88. The van der Waals surface area contributed by atoms with E-state index < -0.39 is 23.6 Å².